The number of aliphatic carboxylic acids is 1. The Hall–Kier alpha value is -3.10. The number of carbonyl (C=O) groups excluding carboxylic acids is 1. The van der Waals surface area contributed by atoms with Crippen LogP contribution in [0.4, 0.5) is 13.2 Å². The highest BCUT2D eigenvalue weighted by molar-refractivity contribution is 6.04. The number of ether oxygens (including phenoxy) is 2. The summed E-state index contributed by atoms with van der Waals surface area (Å²) in [4.78, 5) is 26.9. The molecule has 166 valence electrons. The summed E-state index contributed by atoms with van der Waals surface area (Å²) in [6.07, 6.45) is -1.92. The van der Waals surface area contributed by atoms with Gasteiger partial charge in [-0.1, -0.05) is 0 Å². The lowest BCUT2D eigenvalue weighted by Crippen LogP contribution is -2.56. The van der Waals surface area contributed by atoms with Crippen LogP contribution in [0.5, 0.6) is 0 Å². The first-order chi connectivity index (χ1) is 14.6. The number of benzene rings is 1. The number of nitrogens with one attached hydrogen (secondary N) is 1. The van der Waals surface area contributed by atoms with Gasteiger partial charge in [0.25, 0.3) is 0 Å². The van der Waals surface area contributed by atoms with Crippen molar-refractivity contribution in [3.8, 4) is 6.07 Å². The molecule has 4 rings (SSSR count). The predicted molar refractivity (Wildman–Crippen MR) is 101 cm³/mol. The van der Waals surface area contributed by atoms with Gasteiger partial charge in [0.15, 0.2) is 0 Å². The topological polar surface area (TPSA) is 116 Å². The molecule has 0 saturated carbocycles. The number of alkyl halides is 3. The van der Waals surface area contributed by atoms with E-state index in [1.807, 2.05) is 6.07 Å². The van der Waals surface area contributed by atoms with Gasteiger partial charge in [-0.3, -0.25) is 4.90 Å². The molecule has 2 atom stereocenters. The second kappa shape index (κ2) is 8.95. The maximum absolute atomic E-state index is 12.6. The Morgan fingerprint density at radius 2 is 1.90 bits per heavy atom. The molecule has 2 saturated heterocycles. The Morgan fingerprint density at radius 3 is 2.45 bits per heavy atom. The minimum Gasteiger partial charge on any atom is -0.475 e. The van der Waals surface area contributed by atoms with Crippen molar-refractivity contribution in [2.75, 3.05) is 20.3 Å². The number of carboxylic acids is 1. The van der Waals surface area contributed by atoms with Crippen LogP contribution in [0.2, 0.25) is 0 Å². The third-order valence-corrected chi connectivity index (χ3v) is 5.39. The van der Waals surface area contributed by atoms with Crippen molar-refractivity contribution in [1.29, 1.82) is 5.26 Å². The molecule has 3 heterocycles. The predicted octanol–water partition coefficient (Wildman–Crippen LogP) is 2.69. The highest BCUT2D eigenvalue weighted by atomic mass is 19.4. The number of nitrogens with zero attached hydrogens (tertiary/aromatic N) is 2. The van der Waals surface area contributed by atoms with Crippen molar-refractivity contribution < 1.29 is 37.3 Å². The first-order valence-corrected chi connectivity index (χ1v) is 9.42. The van der Waals surface area contributed by atoms with Gasteiger partial charge in [-0.05, 0) is 25.2 Å². The first kappa shape index (κ1) is 22.6. The Balaban J connectivity index is 0.000000339. The smallest absolute Gasteiger partial charge is 0.475 e. The van der Waals surface area contributed by atoms with Crippen LogP contribution in [0.15, 0.2) is 24.4 Å². The molecule has 2 bridgehead atoms. The summed E-state index contributed by atoms with van der Waals surface area (Å²) in [7, 11) is 2.11. The Morgan fingerprint density at radius 1 is 1.29 bits per heavy atom. The Kier molecular flexibility index (Phi) is 6.52. The summed E-state index contributed by atoms with van der Waals surface area (Å²) < 4.78 is 43.1. The number of H-pyrrole nitrogens is 1. The summed E-state index contributed by atoms with van der Waals surface area (Å²) in [5.74, 6) is -3.09. The Labute approximate surface area is 175 Å². The number of likely N-dealkylation sites (N-methyl/N-ethyl adjacent to an activating group) is 1. The summed E-state index contributed by atoms with van der Waals surface area (Å²) >= 11 is 0. The SMILES string of the molecule is CN1C2COCC1CC(OC(=O)c1c[nH]c3ccc(C#N)cc13)C2.O=C(O)C(F)(F)F. The number of piperidine rings is 1. The number of fused-ring (bicyclic) bond motifs is 3. The monoisotopic (exact) mass is 439 g/mol. The fraction of sp³-hybridized carbons (Fsp3) is 0.450. The van der Waals surface area contributed by atoms with Crippen molar-refractivity contribution in [3.05, 3.63) is 35.5 Å². The van der Waals surface area contributed by atoms with Crippen LogP contribution in [-0.4, -0.2) is 71.6 Å². The first-order valence-electron chi connectivity index (χ1n) is 9.42. The van der Waals surface area contributed by atoms with Crippen LogP contribution in [0.1, 0.15) is 28.8 Å². The number of halogens is 3. The average Bonchev–Trinajstić information content (AvgIpc) is 3.11. The summed E-state index contributed by atoms with van der Waals surface area (Å²) in [5, 5.41) is 16.9. The number of hydrogen-bond acceptors (Lipinski definition) is 6. The standard InChI is InChI=1S/C18H19N3O3.C2HF3O2/c1-21-12-5-14(6-13(21)10-23-9-12)24-18(22)16-8-20-17-3-2-11(7-19)4-15(16)17;3-2(4,5)1(6)7/h2-4,8,12-14,20H,5-6,9-10H2,1H3;(H,6,7). The van der Waals surface area contributed by atoms with Gasteiger partial charge >= 0.3 is 18.1 Å². The van der Waals surface area contributed by atoms with Crippen LogP contribution >= 0.6 is 0 Å². The quantitative estimate of drug-likeness (QED) is 0.692. The molecule has 0 aliphatic carbocycles. The van der Waals surface area contributed by atoms with E-state index in [4.69, 9.17) is 24.6 Å². The molecule has 2 unspecified atom stereocenters. The molecule has 11 heteroatoms. The number of morpholine rings is 1. The third-order valence-electron chi connectivity index (χ3n) is 5.39. The molecule has 1 aromatic heterocycles. The van der Waals surface area contributed by atoms with Gasteiger partial charge in [0, 0.05) is 42.0 Å². The van der Waals surface area contributed by atoms with E-state index in [2.05, 4.69) is 23.0 Å². The van der Waals surface area contributed by atoms with Crippen LogP contribution in [0, 0.1) is 11.3 Å². The molecule has 2 N–H and O–H groups in total. The number of nitriles is 1. The van der Waals surface area contributed by atoms with Crippen LogP contribution < -0.4 is 0 Å². The lowest BCUT2D eigenvalue weighted by molar-refractivity contribution is -0.192. The van der Waals surface area contributed by atoms with E-state index in [-0.39, 0.29) is 12.1 Å². The number of carbonyl (C=O) groups is 2. The molecular formula is C20H20F3N3O5. The maximum atomic E-state index is 12.6. The lowest BCUT2D eigenvalue weighted by Gasteiger charge is -2.46. The van der Waals surface area contributed by atoms with Gasteiger partial charge in [-0.15, -0.1) is 0 Å². The highest BCUT2D eigenvalue weighted by Crippen LogP contribution is 2.29. The molecule has 0 amide bonds. The van der Waals surface area contributed by atoms with Gasteiger partial charge in [0.2, 0.25) is 0 Å². The second-order valence-electron chi connectivity index (χ2n) is 7.39. The number of esters is 1. The molecule has 0 spiro atoms. The zero-order chi connectivity index (χ0) is 22.8. The van der Waals surface area contributed by atoms with Gasteiger partial charge in [-0.2, -0.15) is 18.4 Å². The minimum absolute atomic E-state index is 0.0864. The largest absolute Gasteiger partial charge is 0.490 e. The van der Waals surface area contributed by atoms with Crippen molar-refractivity contribution in [2.45, 2.75) is 37.2 Å². The van der Waals surface area contributed by atoms with Crippen molar-refractivity contribution >= 4 is 22.8 Å². The summed E-state index contributed by atoms with van der Waals surface area (Å²) in [6, 6.07) is 7.98. The molecule has 0 radical (unpaired) electrons. The van der Waals surface area contributed by atoms with Gasteiger partial charge in [0.05, 0.1) is 30.4 Å². The molecule has 1 aromatic carbocycles. The van der Waals surface area contributed by atoms with E-state index >= 15 is 0 Å². The lowest BCUT2D eigenvalue weighted by atomic mass is 9.92. The third kappa shape index (κ3) is 5.15. The van der Waals surface area contributed by atoms with Gasteiger partial charge in [-0.25, -0.2) is 9.59 Å². The van der Waals surface area contributed by atoms with E-state index in [0.717, 1.165) is 23.7 Å². The molecule has 2 aliphatic heterocycles. The number of carboxylic acid groups (broad SMARTS) is 1. The van der Waals surface area contributed by atoms with E-state index in [1.165, 1.54) is 0 Å². The van der Waals surface area contributed by atoms with Crippen molar-refractivity contribution in [1.82, 2.24) is 9.88 Å². The van der Waals surface area contributed by atoms with E-state index in [1.54, 1.807) is 18.3 Å². The number of rotatable bonds is 2. The fourth-order valence-electron chi connectivity index (χ4n) is 3.72. The number of aromatic amines is 1. The number of hydrogen-bond donors (Lipinski definition) is 2. The molecular weight excluding hydrogens is 419 g/mol. The Bertz CT molecular complexity index is 1000. The maximum Gasteiger partial charge on any atom is 0.490 e. The van der Waals surface area contributed by atoms with E-state index in [0.29, 0.717) is 36.4 Å². The van der Waals surface area contributed by atoms with Crippen molar-refractivity contribution in [2.24, 2.45) is 0 Å². The molecule has 31 heavy (non-hydrogen) atoms. The van der Waals surface area contributed by atoms with E-state index < -0.39 is 12.1 Å². The fourth-order valence-corrected chi connectivity index (χ4v) is 3.72. The minimum atomic E-state index is -5.08. The van der Waals surface area contributed by atoms with Crippen LogP contribution in [-0.2, 0) is 14.3 Å². The molecule has 2 aromatic rings. The molecule has 2 fully saturated rings. The van der Waals surface area contributed by atoms with Crippen LogP contribution in [0.25, 0.3) is 10.9 Å². The molecule has 2 aliphatic rings. The second-order valence-corrected chi connectivity index (χ2v) is 7.39. The van der Waals surface area contributed by atoms with Crippen LogP contribution in [0.3, 0.4) is 0 Å². The average molecular weight is 439 g/mol. The van der Waals surface area contributed by atoms with Gasteiger partial charge < -0.3 is 19.6 Å². The normalized spacial score (nSPS) is 23.4. The summed E-state index contributed by atoms with van der Waals surface area (Å²) in [5.41, 5.74) is 1.85. The van der Waals surface area contributed by atoms with Crippen molar-refractivity contribution in [3.63, 3.8) is 0 Å². The number of aromatic nitrogens is 1. The van der Waals surface area contributed by atoms with E-state index in [9.17, 15) is 18.0 Å². The zero-order valence-corrected chi connectivity index (χ0v) is 16.5. The molecule has 8 nitrogen and oxygen atoms in total. The van der Waals surface area contributed by atoms with Gasteiger partial charge in [0.1, 0.15) is 6.10 Å². The highest BCUT2D eigenvalue weighted by Gasteiger charge is 2.39. The zero-order valence-electron chi connectivity index (χ0n) is 16.5. The summed E-state index contributed by atoms with van der Waals surface area (Å²) in [6.45, 7) is 1.39.